The molecule has 1 heterocycles. The molecule has 172 valence electrons. The first kappa shape index (κ1) is 22.6. The second-order valence-electron chi connectivity index (χ2n) is 9.70. The van der Waals surface area contributed by atoms with Crippen molar-refractivity contribution in [2.45, 2.75) is 45.1 Å². The number of rotatable bonds is 6. The number of benzene rings is 2. The third-order valence-electron chi connectivity index (χ3n) is 7.53. The highest BCUT2D eigenvalue weighted by atomic mass is 79.9. The minimum absolute atomic E-state index is 0.0389. The first-order chi connectivity index (χ1) is 15.8. The summed E-state index contributed by atoms with van der Waals surface area (Å²) in [6, 6.07) is 11.7. The van der Waals surface area contributed by atoms with Crippen LogP contribution in [0.5, 0.6) is 0 Å². The fourth-order valence-corrected chi connectivity index (χ4v) is 6.33. The number of Topliss-reactive ketones (excluding diaryl/α,β-unsaturated/α-hetero) is 1. The molecule has 0 bridgehead atoms. The summed E-state index contributed by atoms with van der Waals surface area (Å²) in [5.74, 6) is 0.432. The number of esters is 1. The molecule has 33 heavy (non-hydrogen) atoms. The van der Waals surface area contributed by atoms with Gasteiger partial charge in [0.05, 0.1) is 35.8 Å². The molecule has 5 rings (SSSR count). The van der Waals surface area contributed by atoms with Crippen LogP contribution in [0.4, 0.5) is 0 Å². The molecule has 2 saturated carbocycles. The SMILES string of the molecule is COC(=O)C1CC2(CC(CC(=O)c3ccc(Cl)c4cnn(C(C)c5ccc(Br)cc5)c34)C2)C1. The molecule has 2 fully saturated rings. The van der Waals surface area contributed by atoms with Crippen molar-refractivity contribution in [3.8, 4) is 0 Å². The quantitative estimate of drug-likeness (QED) is 0.266. The van der Waals surface area contributed by atoms with Crippen LogP contribution < -0.4 is 0 Å². The molecule has 2 aliphatic carbocycles. The van der Waals surface area contributed by atoms with E-state index in [-0.39, 0.29) is 29.1 Å². The van der Waals surface area contributed by atoms with Crippen molar-refractivity contribution in [1.29, 1.82) is 0 Å². The zero-order chi connectivity index (χ0) is 23.3. The van der Waals surface area contributed by atoms with Crippen LogP contribution in [0.2, 0.25) is 5.02 Å². The van der Waals surface area contributed by atoms with Gasteiger partial charge >= 0.3 is 5.97 Å². The highest BCUT2D eigenvalue weighted by Gasteiger charge is 2.55. The summed E-state index contributed by atoms with van der Waals surface area (Å²) in [5.41, 5.74) is 2.83. The maximum atomic E-state index is 13.4. The maximum absolute atomic E-state index is 13.4. The fraction of sp³-hybridized carbons (Fsp3) is 0.423. The number of hydrogen-bond acceptors (Lipinski definition) is 4. The number of halogens is 2. The van der Waals surface area contributed by atoms with E-state index in [4.69, 9.17) is 16.3 Å². The molecule has 1 spiro atoms. The third kappa shape index (κ3) is 4.01. The van der Waals surface area contributed by atoms with E-state index in [0.29, 0.717) is 22.9 Å². The van der Waals surface area contributed by atoms with E-state index in [9.17, 15) is 9.59 Å². The number of aromatic nitrogens is 2. The van der Waals surface area contributed by atoms with Crippen LogP contribution in [0.3, 0.4) is 0 Å². The Labute approximate surface area is 206 Å². The molecule has 1 unspecified atom stereocenters. The zero-order valence-corrected chi connectivity index (χ0v) is 21.0. The van der Waals surface area contributed by atoms with Crippen molar-refractivity contribution in [1.82, 2.24) is 9.78 Å². The molecule has 0 radical (unpaired) electrons. The Morgan fingerprint density at radius 3 is 2.55 bits per heavy atom. The second kappa shape index (κ2) is 8.55. The average Bonchev–Trinajstić information content (AvgIpc) is 3.20. The Morgan fingerprint density at radius 2 is 1.88 bits per heavy atom. The van der Waals surface area contributed by atoms with Crippen LogP contribution in [-0.2, 0) is 9.53 Å². The number of nitrogens with zero attached hydrogens (tertiary/aromatic N) is 2. The molecule has 3 aromatic rings. The average molecular weight is 530 g/mol. The number of fused-ring (bicyclic) bond motifs is 1. The van der Waals surface area contributed by atoms with Crippen molar-refractivity contribution < 1.29 is 14.3 Å². The Hall–Kier alpha value is -2.18. The van der Waals surface area contributed by atoms with E-state index in [1.165, 1.54) is 7.11 Å². The zero-order valence-electron chi connectivity index (χ0n) is 18.7. The van der Waals surface area contributed by atoms with E-state index < -0.39 is 0 Å². The predicted octanol–water partition coefficient (Wildman–Crippen LogP) is 6.61. The van der Waals surface area contributed by atoms with Gasteiger partial charge < -0.3 is 4.74 Å². The molecular weight excluding hydrogens is 504 g/mol. The highest BCUT2D eigenvalue weighted by molar-refractivity contribution is 9.10. The molecule has 0 saturated heterocycles. The van der Waals surface area contributed by atoms with Crippen LogP contribution in [-0.4, -0.2) is 28.6 Å². The Balaban J connectivity index is 1.35. The van der Waals surface area contributed by atoms with Crippen molar-refractivity contribution in [2.75, 3.05) is 7.11 Å². The van der Waals surface area contributed by atoms with Crippen molar-refractivity contribution in [3.63, 3.8) is 0 Å². The summed E-state index contributed by atoms with van der Waals surface area (Å²) < 4.78 is 7.79. The van der Waals surface area contributed by atoms with Gasteiger partial charge in [-0.3, -0.25) is 14.3 Å². The summed E-state index contributed by atoms with van der Waals surface area (Å²) in [7, 11) is 1.45. The Morgan fingerprint density at radius 1 is 1.18 bits per heavy atom. The largest absolute Gasteiger partial charge is 0.469 e. The summed E-state index contributed by atoms with van der Waals surface area (Å²) >= 11 is 9.95. The smallest absolute Gasteiger partial charge is 0.308 e. The monoisotopic (exact) mass is 528 g/mol. The van der Waals surface area contributed by atoms with Crippen LogP contribution in [0, 0.1) is 17.3 Å². The van der Waals surface area contributed by atoms with E-state index in [0.717, 1.165) is 46.6 Å². The first-order valence-electron chi connectivity index (χ1n) is 11.3. The molecule has 2 aliphatic rings. The number of carbonyl (C=O) groups is 2. The first-order valence-corrected chi connectivity index (χ1v) is 12.5. The lowest BCUT2D eigenvalue weighted by Gasteiger charge is -2.57. The number of ether oxygens (including phenoxy) is 1. The van der Waals surface area contributed by atoms with E-state index in [1.807, 2.05) is 22.9 Å². The summed E-state index contributed by atoms with van der Waals surface area (Å²) in [4.78, 5) is 25.1. The molecule has 1 atom stereocenters. The Bertz CT molecular complexity index is 1220. The van der Waals surface area contributed by atoms with Crippen molar-refractivity contribution >= 4 is 50.2 Å². The van der Waals surface area contributed by atoms with Gasteiger partial charge in [-0.25, -0.2) is 0 Å². The number of ketones is 1. The lowest BCUT2D eigenvalue weighted by Crippen LogP contribution is -2.50. The van der Waals surface area contributed by atoms with Gasteiger partial charge in [0.2, 0.25) is 0 Å². The van der Waals surface area contributed by atoms with Gasteiger partial charge in [0.1, 0.15) is 0 Å². The van der Waals surface area contributed by atoms with Gasteiger partial charge in [-0.1, -0.05) is 39.7 Å². The van der Waals surface area contributed by atoms with Crippen LogP contribution in [0.1, 0.15) is 61.0 Å². The Kier molecular flexibility index (Phi) is 5.86. The minimum Gasteiger partial charge on any atom is -0.469 e. The van der Waals surface area contributed by atoms with Gasteiger partial charge in [0.25, 0.3) is 0 Å². The highest BCUT2D eigenvalue weighted by Crippen LogP contribution is 2.62. The topological polar surface area (TPSA) is 61.2 Å². The van der Waals surface area contributed by atoms with Gasteiger partial charge in [0.15, 0.2) is 5.78 Å². The van der Waals surface area contributed by atoms with Crippen LogP contribution in [0.15, 0.2) is 47.1 Å². The molecular formula is C26H26BrClN2O3. The third-order valence-corrected chi connectivity index (χ3v) is 8.39. The molecule has 5 nitrogen and oxygen atoms in total. The van der Waals surface area contributed by atoms with Gasteiger partial charge in [0, 0.05) is 21.8 Å². The maximum Gasteiger partial charge on any atom is 0.308 e. The van der Waals surface area contributed by atoms with Crippen molar-refractivity contribution in [3.05, 3.63) is 63.2 Å². The van der Waals surface area contributed by atoms with Crippen molar-refractivity contribution in [2.24, 2.45) is 17.3 Å². The normalized spacial score (nSPS) is 24.8. The molecule has 1 aromatic heterocycles. The summed E-state index contributed by atoms with van der Waals surface area (Å²) in [6.07, 6.45) is 6.08. The molecule has 7 heteroatoms. The van der Waals surface area contributed by atoms with Gasteiger partial charge in [-0.15, -0.1) is 0 Å². The number of carbonyl (C=O) groups excluding carboxylic acids is 2. The molecule has 2 aromatic carbocycles. The van der Waals surface area contributed by atoms with Crippen LogP contribution >= 0.6 is 27.5 Å². The summed E-state index contributed by atoms with van der Waals surface area (Å²) in [5, 5.41) is 6.02. The molecule has 0 amide bonds. The lowest BCUT2D eigenvalue weighted by molar-refractivity contribution is -0.161. The summed E-state index contributed by atoms with van der Waals surface area (Å²) in [6.45, 7) is 2.08. The number of methoxy groups -OCH3 is 1. The molecule has 0 N–H and O–H groups in total. The number of hydrogen-bond donors (Lipinski definition) is 0. The standard InChI is InChI=1S/C26H26BrClN2O3/c1-15(17-3-5-19(27)6-4-17)30-24-20(7-8-22(28)21(24)14-29-30)23(31)9-16-10-26(11-16)12-18(13-26)25(32)33-2/h3-8,14-16,18H,9-13H2,1-2H3. The van der Waals surface area contributed by atoms with Crippen LogP contribution in [0.25, 0.3) is 10.9 Å². The second-order valence-corrected chi connectivity index (χ2v) is 11.0. The van der Waals surface area contributed by atoms with E-state index >= 15 is 0 Å². The molecule has 0 aliphatic heterocycles. The van der Waals surface area contributed by atoms with E-state index in [2.05, 4.69) is 40.1 Å². The van der Waals surface area contributed by atoms with E-state index in [1.54, 1.807) is 12.3 Å². The fourth-order valence-electron chi connectivity index (χ4n) is 5.87. The van der Waals surface area contributed by atoms with Gasteiger partial charge in [-0.05, 0) is 73.8 Å². The lowest BCUT2D eigenvalue weighted by atomic mass is 9.47. The predicted molar refractivity (Wildman–Crippen MR) is 132 cm³/mol. The minimum atomic E-state index is -0.100. The van der Waals surface area contributed by atoms with Gasteiger partial charge in [-0.2, -0.15) is 5.10 Å².